The summed E-state index contributed by atoms with van der Waals surface area (Å²) in [4.78, 5) is 18.3. The highest BCUT2D eigenvalue weighted by Gasteiger charge is 2.08. The number of hydrogen-bond donors (Lipinski definition) is 0. The van der Waals surface area contributed by atoms with Gasteiger partial charge in [-0.15, -0.1) is 0 Å². The van der Waals surface area contributed by atoms with Crippen molar-refractivity contribution in [3.05, 3.63) is 46.7 Å². The van der Waals surface area contributed by atoms with E-state index in [1.54, 1.807) is 17.0 Å². The van der Waals surface area contributed by atoms with Gasteiger partial charge >= 0.3 is 0 Å². The van der Waals surface area contributed by atoms with Gasteiger partial charge in [0, 0.05) is 12.3 Å². The molecule has 88 valence electrons. The first-order valence-electron chi connectivity index (χ1n) is 5.22. The molecule has 2 aromatic rings. The van der Waals surface area contributed by atoms with Crippen molar-refractivity contribution in [2.24, 2.45) is 0 Å². The van der Waals surface area contributed by atoms with Crippen LogP contribution in [0.25, 0.3) is 5.82 Å². The van der Waals surface area contributed by atoms with E-state index in [1.165, 1.54) is 12.3 Å². The fraction of sp³-hybridized carbons (Fsp3) is 0.273. The average Bonchev–Trinajstić information content (AvgIpc) is 2.78. The third-order valence-corrected chi connectivity index (χ3v) is 2.40. The summed E-state index contributed by atoms with van der Waals surface area (Å²) in [6, 6.07) is 3.03. The van der Waals surface area contributed by atoms with E-state index < -0.39 is 4.92 Å². The van der Waals surface area contributed by atoms with Gasteiger partial charge in [0.25, 0.3) is 5.69 Å². The predicted octanol–water partition coefficient (Wildman–Crippen LogP) is 2.30. The molecule has 0 amide bonds. The van der Waals surface area contributed by atoms with Gasteiger partial charge in [-0.3, -0.25) is 14.7 Å². The second-order valence-corrected chi connectivity index (χ2v) is 3.99. The number of rotatable bonds is 3. The molecule has 0 aliphatic heterocycles. The largest absolute Gasteiger partial charge is 0.290 e. The van der Waals surface area contributed by atoms with E-state index in [0.29, 0.717) is 11.7 Å². The van der Waals surface area contributed by atoms with Crippen molar-refractivity contribution in [3.63, 3.8) is 0 Å². The van der Waals surface area contributed by atoms with E-state index in [2.05, 4.69) is 23.8 Å². The van der Waals surface area contributed by atoms with Crippen LogP contribution in [0, 0.1) is 10.1 Å². The lowest BCUT2D eigenvalue weighted by atomic mass is 10.2. The van der Waals surface area contributed by atoms with E-state index in [1.807, 2.05) is 6.20 Å². The molecule has 0 aliphatic carbocycles. The number of nitro groups is 1. The van der Waals surface area contributed by atoms with Gasteiger partial charge in [0.15, 0.2) is 0 Å². The lowest BCUT2D eigenvalue weighted by molar-refractivity contribution is -0.385. The smallest absolute Gasteiger partial charge is 0.287 e. The molecule has 2 aromatic heterocycles. The maximum absolute atomic E-state index is 10.5. The molecule has 0 saturated carbocycles. The number of hydrogen-bond acceptors (Lipinski definition) is 4. The molecular formula is C11H12N4O2. The summed E-state index contributed by atoms with van der Waals surface area (Å²) in [7, 11) is 0. The topological polar surface area (TPSA) is 73.8 Å². The molecule has 0 unspecified atom stereocenters. The lowest BCUT2D eigenvalue weighted by Crippen LogP contribution is -1.96. The van der Waals surface area contributed by atoms with E-state index in [-0.39, 0.29) is 5.69 Å². The Kier molecular flexibility index (Phi) is 2.86. The van der Waals surface area contributed by atoms with E-state index in [9.17, 15) is 10.1 Å². The van der Waals surface area contributed by atoms with Crippen LogP contribution >= 0.6 is 0 Å². The third kappa shape index (κ3) is 2.30. The molecule has 0 atom stereocenters. The van der Waals surface area contributed by atoms with E-state index in [4.69, 9.17) is 0 Å². The van der Waals surface area contributed by atoms with Crippen LogP contribution in [0.4, 0.5) is 5.69 Å². The zero-order valence-electron chi connectivity index (χ0n) is 9.57. The van der Waals surface area contributed by atoms with Gasteiger partial charge in [-0.1, -0.05) is 13.8 Å². The molecule has 2 heterocycles. The van der Waals surface area contributed by atoms with Gasteiger partial charge in [-0.25, -0.2) is 9.97 Å². The summed E-state index contributed by atoms with van der Waals surface area (Å²) in [6.45, 7) is 4.10. The van der Waals surface area contributed by atoms with Gasteiger partial charge in [0.1, 0.15) is 18.3 Å². The fourth-order valence-electron chi connectivity index (χ4n) is 1.40. The molecule has 17 heavy (non-hydrogen) atoms. The first-order valence-corrected chi connectivity index (χ1v) is 5.22. The van der Waals surface area contributed by atoms with Gasteiger partial charge in [-0.2, -0.15) is 0 Å². The number of nitrogens with zero attached hydrogens (tertiary/aromatic N) is 4. The van der Waals surface area contributed by atoms with E-state index in [0.717, 1.165) is 5.69 Å². The number of imidazole rings is 1. The molecule has 0 saturated heterocycles. The molecule has 0 aromatic carbocycles. The van der Waals surface area contributed by atoms with Crippen LogP contribution in [0.15, 0.2) is 30.9 Å². The molecule has 0 spiro atoms. The molecule has 6 heteroatoms. The van der Waals surface area contributed by atoms with Crippen LogP contribution in [0.5, 0.6) is 0 Å². The number of aromatic nitrogens is 3. The quantitative estimate of drug-likeness (QED) is 0.601. The summed E-state index contributed by atoms with van der Waals surface area (Å²) in [5.74, 6) is 0.962. The Morgan fingerprint density at radius 3 is 2.59 bits per heavy atom. The van der Waals surface area contributed by atoms with Crippen LogP contribution < -0.4 is 0 Å². The minimum Gasteiger partial charge on any atom is -0.290 e. The molecule has 0 N–H and O–H groups in total. The van der Waals surface area contributed by atoms with Gasteiger partial charge in [-0.05, 0) is 12.0 Å². The van der Waals surface area contributed by atoms with Crippen LogP contribution in [-0.2, 0) is 0 Å². The van der Waals surface area contributed by atoms with Crippen molar-refractivity contribution in [2.45, 2.75) is 19.8 Å². The zero-order chi connectivity index (χ0) is 12.4. The van der Waals surface area contributed by atoms with Crippen LogP contribution in [0.2, 0.25) is 0 Å². The molecule has 0 aliphatic rings. The average molecular weight is 232 g/mol. The van der Waals surface area contributed by atoms with Gasteiger partial charge in [0.2, 0.25) is 0 Å². The second kappa shape index (κ2) is 4.32. The summed E-state index contributed by atoms with van der Waals surface area (Å²) in [5, 5.41) is 10.5. The maximum Gasteiger partial charge on any atom is 0.287 e. The summed E-state index contributed by atoms with van der Waals surface area (Å²) >= 11 is 0. The summed E-state index contributed by atoms with van der Waals surface area (Å²) < 4.78 is 1.75. The monoisotopic (exact) mass is 232 g/mol. The van der Waals surface area contributed by atoms with Crippen molar-refractivity contribution in [1.82, 2.24) is 14.5 Å². The Balaban J connectivity index is 2.30. The molecular weight excluding hydrogens is 220 g/mol. The predicted molar refractivity (Wildman–Crippen MR) is 62.1 cm³/mol. The molecule has 6 nitrogen and oxygen atoms in total. The second-order valence-electron chi connectivity index (χ2n) is 3.99. The highest BCUT2D eigenvalue weighted by molar-refractivity contribution is 5.33. The summed E-state index contributed by atoms with van der Waals surface area (Å²) in [5.41, 5.74) is 0.947. The van der Waals surface area contributed by atoms with Crippen molar-refractivity contribution in [3.8, 4) is 5.82 Å². The zero-order valence-corrected chi connectivity index (χ0v) is 9.57. The molecule has 0 fully saturated rings. The minimum atomic E-state index is -0.468. The normalized spacial score (nSPS) is 10.8. The molecule has 0 radical (unpaired) electrons. The third-order valence-electron chi connectivity index (χ3n) is 2.40. The lowest BCUT2D eigenvalue weighted by Gasteiger charge is -2.00. The van der Waals surface area contributed by atoms with Crippen molar-refractivity contribution in [1.29, 1.82) is 0 Å². The van der Waals surface area contributed by atoms with Crippen LogP contribution in [-0.4, -0.2) is 19.5 Å². The molecule has 0 bridgehead atoms. The minimum absolute atomic E-state index is 0.0158. The SMILES string of the molecule is CC(C)c1cn(-c2ccc([N+](=O)[O-])cn2)cn1. The highest BCUT2D eigenvalue weighted by Crippen LogP contribution is 2.15. The van der Waals surface area contributed by atoms with Crippen LogP contribution in [0.1, 0.15) is 25.5 Å². The Labute approximate surface area is 98.1 Å². The standard InChI is InChI=1S/C11H12N4O2/c1-8(2)10-6-14(7-13-10)11-4-3-9(5-12-11)15(16)17/h3-8H,1-2H3. The summed E-state index contributed by atoms with van der Waals surface area (Å²) in [6.07, 6.45) is 4.77. The fourth-order valence-corrected chi connectivity index (χ4v) is 1.40. The van der Waals surface area contributed by atoms with Crippen molar-refractivity contribution >= 4 is 5.69 Å². The Bertz CT molecular complexity index is 531. The first-order chi connectivity index (χ1) is 8.08. The van der Waals surface area contributed by atoms with Crippen LogP contribution in [0.3, 0.4) is 0 Å². The maximum atomic E-state index is 10.5. The van der Waals surface area contributed by atoms with E-state index >= 15 is 0 Å². The first kappa shape index (κ1) is 11.3. The van der Waals surface area contributed by atoms with Crippen molar-refractivity contribution < 1.29 is 4.92 Å². The highest BCUT2D eigenvalue weighted by atomic mass is 16.6. The Hall–Kier alpha value is -2.24. The number of pyridine rings is 1. The Morgan fingerprint density at radius 2 is 2.12 bits per heavy atom. The molecule has 2 rings (SSSR count). The van der Waals surface area contributed by atoms with Gasteiger partial charge in [0.05, 0.1) is 10.6 Å². The van der Waals surface area contributed by atoms with Gasteiger partial charge < -0.3 is 0 Å². The Morgan fingerprint density at radius 1 is 1.35 bits per heavy atom. The van der Waals surface area contributed by atoms with Crippen molar-refractivity contribution in [2.75, 3.05) is 0 Å².